The smallest absolute Gasteiger partial charge is 0.0302 e. The van der Waals surface area contributed by atoms with Crippen molar-refractivity contribution in [2.75, 3.05) is 0 Å². The molecule has 0 heteroatoms. The summed E-state index contributed by atoms with van der Waals surface area (Å²) in [6, 6.07) is 0. The summed E-state index contributed by atoms with van der Waals surface area (Å²) in [6.07, 6.45) is 3.51. The van der Waals surface area contributed by atoms with Crippen LogP contribution in [0.3, 0.4) is 0 Å². The highest BCUT2D eigenvalue weighted by Gasteiger charge is 2.13. The van der Waals surface area contributed by atoms with E-state index in [2.05, 4.69) is 41.5 Å². The molecule has 1 aromatic carbocycles. The summed E-state index contributed by atoms with van der Waals surface area (Å²) in [6.45, 7) is 13.6. The summed E-state index contributed by atoms with van der Waals surface area (Å²) < 4.78 is 0. The minimum absolute atomic E-state index is 1.17. The molecular weight excluding hydrogens is 180 g/mol. The molecule has 0 N–H and O–H groups in total. The topological polar surface area (TPSA) is 0 Å². The van der Waals surface area contributed by atoms with E-state index >= 15 is 0 Å². The summed E-state index contributed by atoms with van der Waals surface area (Å²) in [7, 11) is 0. The van der Waals surface area contributed by atoms with Crippen molar-refractivity contribution in [3.8, 4) is 0 Å². The molecule has 0 spiro atoms. The highest BCUT2D eigenvalue weighted by atomic mass is 14.2. The van der Waals surface area contributed by atoms with Crippen LogP contribution < -0.4 is 0 Å². The normalized spacial score (nSPS) is 10.8. The van der Waals surface area contributed by atoms with Crippen molar-refractivity contribution in [1.82, 2.24) is 0 Å². The van der Waals surface area contributed by atoms with Crippen LogP contribution in [-0.4, -0.2) is 0 Å². The highest BCUT2D eigenvalue weighted by Crippen LogP contribution is 2.28. The molecule has 0 fully saturated rings. The zero-order valence-electron chi connectivity index (χ0n) is 11.1. The largest absolute Gasteiger partial charge is 0.0613 e. The highest BCUT2D eigenvalue weighted by molar-refractivity contribution is 5.50. The molecule has 84 valence electrons. The van der Waals surface area contributed by atoms with Crippen LogP contribution in [0.25, 0.3) is 0 Å². The maximum Gasteiger partial charge on any atom is -0.0302 e. The zero-order valence-corrected chi connectivity index (χ0v) is 11.1. The molecule has 0 aliphatic rings. The van der Waals surface area contributed by atoms with Crippen molar-refractivity contribution in [2.24, 2.45) is 0 Å². The fourth-order valence-corrected chi connectivity index (χ4v) is 2.75. The van der Waals surface area contributed by atoms with E-state index in [9.17, 15) is 0 Å². The standard InChI is InChI=1S/C15H24/c1-7-13-11(5)10(4)12(6)14(8-2)15(13)9-3/h7-9H2,1-6H3. The van der Waals surface area contributed by atoms with Crippen LogP contribution in [-0.2, 0) is 19.3 Å². The second kappa shape index (κ2) is 4.83. The van der Waals surface area contributed by atoms with Crippen LogP contribution in [0.2, 0.25) is 0 Å². The lowest BCUT2D eigenvalue weighted by Gasteiger charge is -2.20. The van der Waals surface area contributed by atoms with Gasteiger partial charge in [0.15, 0.2) is 0 Å². The van der Waals surface area contributed by atoms with Gasteiger partial charge in [-0.2, -0.15) is 0 Å². The van der Waals surface area contributed by atoms with Gasteiger partial charge in [0, 0.05) is 0 Å². The SMILES string of the molecule is CCc1c(C)c(C)c(C)c(CC)c1CC. The van der Waals surface area contributed by atoms with Crippen molar-refractivity contribution in [3.63, 3.8) is 0 Å². The lowest BCUT2D eigenvalue weighted by Crippen LogP contribution is -2.06. The first kappa shape index (κ1) is 12.3. The summed E-state index contributed by atoms with van der Waals surface area (Å²) in [5.74, 6) is 0. The Morgan fingerprint density at radius 1 is 0.533 bits per heavy atom. The first-order valence-electron chi connectivity index (χ1n) is 6.18. The fraction of sp³-hybridized carbons (Fsp3) is 0.600. The minimum atomic E-state index is 1.17. The number of hydrogen-bond donors (Lipinski definition) is 0. The van der Waals surface area contributed by atoms with Crippen molar-refractivity contribution in [1.29, 1.82) is 0 Å². The molecule has 0 aliphatic heterocycles. The molecule has 0 atom stereocenters. The summed E-state index contributed by atoms with van der Waals surface area (Å²) in [4.78, 5) is 0. The molecule has 0 radical (unpaired) electrons. The predicted octanol–water partition coefficient (Wildman–Crippen LogP) is 4.30. The minimum Gasteiger partial charge on any atom is -0.0613 e. The molecule has 0 aromatic heterocycles. The van der Waals surface area contributed by atoms with Crippen molar-refractivity contribution in [2.45, 2.75) is 60.8 Å². The Bertz CT molecular complexity index is 328. The molecule has 1 rings (SSSR count). The summed E-state index contributed by atoms with van der Waals surface area (Å²) >= 11 is 0. The van der Waals surface area contributed by atoms with Crippen molar-refractivity contribution < 1.29 is 0 Å². The Kier molecular flexibility index (Phi) is 3.96. The average molecular weight is 204 g/mol. The van der Waals surface area contributed by atoms with Crippen molar-refractivity contribution in [3.05, 3.63) is 33.4 Å². The van der Waals surface area contributed by atoms with Gasteiger partial charge in [-0.3, -0.25) is 0 Å². The molecular formula is C15H24. The van der Waals surface area contributed by atoms with Gasteiger partial charge in [-0.1, -0.05) is 20.8 Å². The second-order valence-corrected chi connectivity index (χ2v) is 4.37. The summed E-state index contributed by atoms with van der Waals surface area (Å²) in [5.41, 5.74) is 9.34. The van der Waals surface area contributed by atoms with Gasteiger partial charge in [-0.05, 0) is 73.4 Å². The van der Waals surface area contributed by atoms with E-state index in [1.54, 1.807) is 16.7 Å². The van der Waals surface area contributed by atoms with Crippen LogP contribution in [0.5, 0.6) is 0 Å². The Morgan fingerprint density at radius 3 is 1.13 bits per heavy atom. The predicted molar refractivity (Wildman–Crippen MR) is 68.8 cm³/mol. The van der Waals surface area contributed by atoms with E-state index < -0.39 is 0 Å². The first-order valence-corrected chi connectivity index (χ1v) is 6.18. The van der Waals surface area contributed by atoms with E-state index in [1.807, 2.05) is 0 Å². The molecule has 0 saturated carbocycles. The Balaban J connectivity index is 3.59. The number of benzene rings is 1. The van der Waals surface area contributed by atoms with E-state index in [4.69, 9.17) is 0 Å². The van der Waals surface area contributed by atoms with Gasteiger partial charge >= 0.3 is 0 Å². The van der Waals surface area contributed by atoms with Crippen LogP contribution in [0, 0.1) is 20.8 Å². The molecule has 0 aliphatic carbocycles. The monoisotopic (exact) mass is 204 g/mol. The average Bonchev–Trinajstić information content (AvgIpc) is 2.25. The van der Waals surface area contributed by atoms with Gasteiger partial charge in [0.05, 0.1) is 0 Å². The maximum atomic E-state index is 2.28. The van der Waals surface area contributed by atoms with Gasteiger partial charge in [-0.25, -0.2) is 0 Å². The summed E-state index contributed by atoms with van der Waals surface area (Å²) in [5, 5.41) is 0. The van der Waals surface area contributed by atoms with E-state index in [-0.39, 0.29) is 0 Å². The lowest BCUT2D eigenvalue weighted by atomic mass is 9.85. The van der Waals surface area contributed by atoms with E-state index in [0.717, 1.165) is 0 Å². The maximum absolute atomic E-state index is 2.28. The van der Waals surface area contributed by atoms with Gasteiger partial charge in [0.2, 0.25) is 0 Å². The lowest BCUT2D eigenvalue weighted by molar-refractivity contribution is 0.943. The Morgan fingerprint density at radius 2 is 0.867 bits per heavy atom. The van der Waals surface area contributed by atoms with Gasteiger partial charge < -0.3 is 0 Å². The molecule has 0 amide bonds. The number of hydrogen-bond acceptors (Lipinski definition) is 0. The van der Waals surface area contributed by atoms with Crippen LogP contribution >= 0.6 is 0 Å². The second-order valence-electron chi connectivity index (χ2n) is 4.37. The van der Waals surface area contributed by atoms with Crippen LogP contribution in [0.4, 0.5) is 0 Å². The molecule has 1 aromatic rings. The Hall–Kier alpha value is -0.780. The van der Waals surface area contributed by atoms with E-state index in [0.29, 0.717) is 0 Å². The Labute approximate surface area is 94.7 Å². The molecule has 15 heavy (non-hydrogen) atoms. The molecule has 0 saturated heterocycles. The van der Waals surface area contributed by atoms with Gasteiger partial charge in [-0.15, -0.1) is 0 Å². The third-order valence-electron chi connectivity index (χ3n) is 3.82. The molecule has 0 bridgehead atoms. The first-order chi connectivity index (χ1) is 7.08. The van der Waals surface area contributed by atoms with Gasteiger partial charge in [0.25, 0.3) is 0 Å². The molecule has 0 nitrogen and oxygen atoms in total. The van der Waals surface area contributed by atoms with Gasteiger partial charge in [0.1, 0.15) is 0 Å². The quantitative estimate of drug-likeness (QED) is 0.688. The van der Waals surface area contributed by atoms with Crippen molar-refractivity contribution >= 4 is 0 Å². The van der Waals surface area contributed by atoms with Crippen LogP contribution in [0.1, 0.15) is 54.2 Å². The molecule has 0 unspecified atom stereocenters. The third kappa shape index (κ3) is 1.95. The zero-order chi connectivity index (χ0) is 11.6. The fourth-order valence-electron chi connectivity index (χ4n) is 2.75. The number of rotatable bonds is 3. The third-order valence-corrected chi connectivity index (χ3v) is 3.82. The van der Waals surface area contributed by atoms with E-state index in [1.165, 1.54) is 36.0 Å². The molecule has 0 heterocycles. The van der Waals surface area contributed by atoms with Crippen LogP contribution in [0.15, 0.2) is 0 Å².